The first-order chi connectivity index (χ1) is 13.8. The monoisotopic (exact) mass is 410 g/mol. The Morgan fingerprint density at radius 2 is 1.79 bits per heavy atom. The van der Waals surface area contributed by atoms with Crippen LogP contribution in [-0.4, -0.2) is 51.3 Å². The van der Waals surface area contributed by atoms with Crippen LogP contribution in [0, 0.1) is 0 Å². The van der Waals surface area contributed by atoms with E-state index < -0.39 is 0 Å². The van der Waals surface area contributed by atoms with E-state index >= 15 is 0 Å². The molecule has 0 bridgehead atoms. The Kier molecular flexibility index (Phi) is 5.27. The SMILES string of the molecule is CC(C)(C)c1ccc(C(=O)N2CCN(Cc3cc(=O)n4ccsc4n3)CC2)cc1. The minimum absolute atomic E-state index is 0.0428. The fourth-order valence-corrected chi connectivity index (χ4v) is 4.34. The topological polar surface area (TPSA) is 57.9 Å². The van der Waals surface area contributed by atoms with Crippen molar-refractivity contribution in [1.29, 1.82) is 0 Å². The third kappa shape index (κ3) is 4.26. The highest BCUT2D eigenvalue weighted by Crippen LogP contribution is 2.22. The van der Waals surface area contributed by atoms with Gasteiger partial charge in [-0.15, -0.1) is 11.3 Å². The van der Waals surface area contributed by atoms with Crippen LogP contribution in [0.2, 0.25) is 0 Å². The largest absolute Gasteiger partial charge is 0.336 e. The lowest BCUT2D eigenvalue weighted by Gasteiger charge is -2.34. The second-order valence-corrected chi connectivity index (χ2v) is 9.41. The van der Waals surface area contributed by atoms with Gasteiger partial charge in [0.25, 0.3) is 11.5 Å². The van der Waals surface area contributed by atoms with Crippen molar-refractivity contribution in [3.05, 3.63) is 69.1 Å². The first kappa shape index (κ1) is 19.8. The van der Waals surface area contributed by atoms with Crippen molar-refractivity contribution >= 4 is 22.2 Å². The molecule has 4 rings (SSSR count). The van der Waals surface area contributed by atoms with Gasteiger partial charge in [0.1, 0.15) is 0 Å². The molecule has 29 heavy (non-hydrogen) atoms. The molecule has 1 aromatic carbocycles. The molecule has 1 aliphatic heterocycles. The Labute approximate surface area is 174 Å². The van der Waals surface area contributed by atoms with E-state index in [0.29, 0.717) is 19.6 Å². The molecule has 3 aromatic rings. The number of hydrogen-bond donors (Lipinski definition) is 0. The van der Waals surface area contributed by atoms with E-state index in [-0.39, 0.29) is 16.9 Å². The third-order valence-corrected chi connectivity index (χ3v) is 6.16. The van der Waals surface area contributed by atoms with Crippen LogP contribution in [0.1, 0.15) is 42.4 Å². The number of aromatic nitrogens is 2. The number of carbonyl (C=O) groups excluding carboxylic acids is 1. The molecule has 0 radical (unpaired) electrons. The number of amides is 1. The summed E-state index contributed by atoms with van der Waals surface area (Å²) in [4.78, 5) is 34.4. The van der Waals surface area contributed by atoms with Crippen molar-refractivity contribution in [2.24, 2.45) is 0 Å². The van der Waals surface area contributed by atoms with Crippen LogP contribution in [-0.2, 0) is 12.0 Å². The summed E-state index contributed by atoms with van der Waals surface area (Å²) in [5.41, 5.74) is 2.79. The molecule has 152 valence electrons. The number of benzene rings is 1. The molecule has 1 amide bonds. The first-order valence-electron chi connectivity index (χ1n) is 9.89. The van der Waals surface area contributed by atoms with Crippen molar-refractivity contribution < 1.29 is 4.79 Å². The van der Waals surface area contributed by atoms with E-state index in [1.807, 2.05) is 34.5 Å². The zero-order valence-corrected chi connectivity index (χ0v) is 17.9. The molecule has 1 saturated heterocycles. The molecule has 0 N–H and O–H groups in total. The number of piperazine rings is 1. The molecule has 1 fully saturated rings. The van der Waals surface area contributed by atoms with E-state index in [1.54, 1.807) is 16.7 Å². The van der Waals surface area contributed by atoms with Gasteiger partial charge in [-0.25, -0.2) is 4.98 Å². The fourth-order valence-electron chi connectivity index (χ4n) is 3.60. The number of thiazole rings is 1. The molecule has 2 aromatic heterocycles. The van der Waals surface area contributed by atoms with Crippen molar-refractivity contribution in [2.75, 3.05) is 26.2 Å². The summed E-state index contributed by atoms with van der Waals surface area (Å²) < 4.78 is 1.57. The number of rotatable bonds is 3. The molecular formula is C22H26N4O2S. The van der Waals surface area contributed by atoms with Crippen LogP contribution in [0.4, 0.5) is 0 Å². The zero-order chi connectivity index (χ0) is 20.6. The van der Waals surface area contributed by atoms with E-state index in [1.165, 1.54) is 16.9 Å². The van der Waals surface area contributed by atoms with Gasteiger partial charge in [-0.05, 0) is 23.1 Å². The number of hydrogen-bond acceptors (Lipinski definition) is 5. The van der Waals surface area contributed by atoms with Crippen LogP contribution in [0.15, 0.2) is 46.7 Å². The molecule has 0 spiro atoms. The molecule has 0 atom stereocenters. The summed E-state index contributed by atoms with van der Waals surface area (Å²) >= 11 is 1.46. The van der Waals surface area contributed by atoms with E-state index in [0.717, 1.165) is 29.3 Å². The van der Waals surface area contributed by atoms with Gasteiger partial charge < -0.3 is 4.90 Å². The Hall–Kier alpha value is -2.51. The highest BCUT2D eigenvalue weighted by atomic mass is 32.1. The highest BCUT2D eigenvalue weighted by molar-refractivity contribution is 7.15. The average Bonchev–Trinajstić information content (AvgIpc) is 3.17. The Morgan fingerprint density at radius 1 is 1.10 bits per heavy atom. The Balaban J connectivity index is 1.37. The number of nitrogens with zero attached hydrogens (tertiary/aromatic N) is 4. The molecule has 0 saturated carbocycles. The van der Waals surface area contributed by atoms with E-state index in [9.17, 15) is 9.59 Å². The summed E-state index contributed by atoms with van der Waals surface area (Å²) in [7, 11) is 0. The average molecular weight is 411 g/mol. The van der Waals surface area contributed by atoms with Gasteiger partial charge in [-0.1, -0.05) is 32.9 Å². The maximum absolute atomic E-state index is 12.8. The van der Waals surface area contributed by atoms with Crippen molar-refractivity contribution in [3.8, 4) is 0 Å². The molecule has 6 nitrogen and oxygen atoms in total. The highest BCUT2D eigenvalue weighted by Gasteiger charge is 2.23. The maximum atomic E-state index is 12.8. The van der Waals surface area contributed by atoms with Crippen LogP contribution in [0.25, 0.3) is 4.96 Å². The maximum Gasteiger partial charge on any atom is 0.258 e. The van der Waals surface area contributed by atoms with Gasteiger partial charge >= 0.3 is 0 Å². The summed E-state index contributed by atoms with van der Waals surface area (Å²) in [6.45, 7) is 10.1. The van der Waals surface area contributed by atoms with Gasteiger partial charge in [-0.2, -0.15) is 0 Å². The van der Waals surface area contributed by atoms with Crippen molar-refractivity contribution in [1.82, 2.24) is 19.2 Å². The quantitative estimate of drug-likeness (QED) is 0.666. The second kappa shape index (κ2) is 7.72. The van der Waals surface area contributed by atoms with Gasteiger partial charge in [0, 0.05) is 55.9 Å². The Morgan fingerprint density at radius 3 is 2.45 bits per heavy atom. The van der Waals surface area contributed by atoms with E-state index in [2.05, 4.69) is 30.7 Å². The summed E-state index contributed by atoms with van der Waals surface area (Å²) in [5, 5.41) is 1.87. The van der Waals surface area contributed by atoms with Crippen LogP contribution in [0.3, 0.4) is 0 Å². The van der Waals surface area contributed by atoms with Crippen LogP contribution in [0.5, 0.6) is 0 Å². The predicted molar refractivity (Wildman–Crippen MR) is 116 cm³/mol. The normalized spacial score (nSPS) is 15.8. The van der Waals surface area contributed by atoms with Crippen LogP contribution >= 0.6 is 11.3 Å². The van der Waals surface area contributed by atoms with Gasteiger partial charge in [0.05, 0.1) is 5.69 Å². The summed E-state index contributed by atoms with van der Waals surface area (Å²) in [6, 6.07) is 9.57. The van der Waals surface area contributed by atoms with Crippen molar-refractivity contribution in [2.45, 2.75) is 32.7 Å². The van der Waals surface area contributed by atoms with Crippen LogP contribution < -0.4 is 5.56 Å². The molecule has 0 aliphatic carbocycles. The summed E-state index contributed by atoms with van der Waals surface area (Å²) in [5.74, 6) is 0.0847. The third-order valence-electron chi connectivity index (χ3n) is 5.40. The number of fused-ring (bicyclic) bond motifs is 1. The standard InChI is InChI=1S/C22H26N4O2S/c1-22(2,3)17-6-4-16(5-7-17)20(28)25-10-8-24(9-11-25)15-18-14-19(27)26-12-13-29-21(26)23-18/h4-7,12-14H,8-11,15H2,1-3H3. The lowest BCUT2D eigenvalue weighted by atomic mass is 9.86. The second-order valence-electron chi connectivity index (χ2n) is 8.54. The molecule has 0 unspecified atom stereocenters. The van der Waals surface area contributed by atoms with Gasteiger partial charge in [0.2, 0.25) is 0 Å². The minimum atomic E-state index is -0.0428. The van der Waals surface area contributed by atoms with Crippen molar-refractivity contribution in [3.63, 3.8) is 0 Å². The lowest BCUT2D eigenvalue weighted by molar-refractivity contribution is 0.0627. The molecule has 3 heterocycles. The smallest absolute Gasteiger partial charge is 0.258 e. The Bertz CT molecular complexity index is 1070. The summed E-state index contributed by atoms with van der Waals surface area (Å²) in [6.07, 6.45) is 1.75. The number of carbonyl (C=O) groups is 1. The first-order valence-corrected chi connectivity index (χ1v) is 10.8. The fraction of sp³-hybridized carbons (Fsp3) is 0.409. The molecule has 1 aliphatic rings. The zero-order valence-electron chi connectivity index (χ0n) is 17.1. The predicted octanol–water partition coefficient (Wildman–Crippen LogP) is 3.01. The molecule has 7 heteroatoms. The van der Waals surface area contributed by atoms with E-state index in [4.69, 9.17) is 0 Å². The molecular weight excluding hydrogens is 384 g/mol. The lowest BCUT2D eigenvalue weighted by Crippen LogP contribution is -2.48. The van der Waals surface area contributed by atoms with Gasteiger partial charge in [0.15, 0.2) is 4.96 Å². The van der Waals surface area contributed by atoms with Gasteiger partial charge in [-0.3, -0.25) is 18.9 Å². The minimum Gasteiger partial charge on any atom is -0.336 e.